The molecule has 4 N–H and O–H groups in total. The van der Waals surface area contributed by atoms with Gasteiger partial charge in [0.05, 0.1) is 6.04 Å². The van der Waals surface area contributed by atoms with Gasteiger partial charge in [0.25, 0.3) is 5.91 Å². The largest absolute Gasteiger partial charge is 0.356 e. The first-order chi connectivity index (χ1) is 19.8. The smallest absolute Gasteiger partial charge is 0.289 e. The van der Waals surface area contributed by atoms with Crippen molar-refractivity contribution in [1.29, 1.82) is 0 Å². The Morgan fingerprint density at radius 2 is 1.62 bits per heavy atom. The van der Waals surface area contributed by atoms with Gasteiger partial charge in [-0.15, -0.1) is 0 Å². The summed E-state index contributed by atoms with van der Waals surface area (Å²) in [5.41, 5.74) is -0.688. The molecule has 0 radical (unpaired) electrons. The Labute approximate surface area is 250 Å². The van der Waals surface area contributed by atoms with Gasteiger partial charge in [0.15, 0.2) is 0 Å². The molecule has 11 heteroatoms. The van der Waals surface area contributed by atoms with Crippen LogP contribution < -0.4 is 21.3 Å². The molecule has 3 rings (SSSR count). The lowest BCUT2D eigenvalue weighted by molar-refractivity contribution is -0.146. The number of hydrogen-bond acceptors (Lipinski definition) is 6. The normalized spacial score (nSPS) is 21.7. The average molecular weight is 590 g/mol. The van der Waals surface area contributed by atoms with E-state index >= 15 is 0 Å². The number of ketones is 1. The number of nitrogens with one attached hydrogen (secondary N) is 4. The second-order valence-electron chi connectivity index (χ2n) is 13.4. The highest BCUT2D eigenvalue weighted by atomic mass is 16.2. The van der Waals surface area contributed by atoms with E-state index in [1.165, 1.54) is 4.90 Å². The van der Waals surface area contributed by atoms with Gasteiger partial charge >= 0.3 is 0 Å². The third kappa shape index (κ3) is 9.26. The lowest BCUT2D eigenvalue weighted by atomic mass is 9.82. The van der Waals surface area contributed by atoms with Crippen LogP contribution in [0.25, 0.3) is 0 Å². The van der Waals surface area contributed by atoms with Gasteiger partial charge in [0.2, 0.25) is 29.4 Å². The van der Waals surface area contributed by atoms with Gasteiger partial charge in [-0.2, -0.15) is 0 Å². The number of likely N-dealkylation sites (N-methyl/N-ethyl adjacent to an activating group) is 1. The number of hydrogen-bond donors (Lipinski definition) is 4. The lowest BCUT2D eigenvalue weighted by Crippen LogP contribution is -2.59. The maximum atomic E-state index is 14.0. The molecule has 236 valence electrons. The van der Waals surface area contributed by atoms with Gasteiger partial charge in [0, 0.05) is 31.0 Å². The molecular weight excluding hydrogens is 538 g/mol. The van der Waals surface area contributed by atoms with Crippen LogP contribution in [-0.4, -0.2) is 78.0 Å². The average Bonchev–Trinajstić information content (AvgIpc) is 3.78. The molecule has 5 amide bonds. The Kier molecular flexibility index (Phi) is 11.9. The second kappa shape index (κ2) is 15.0. The minimum atomic E-state index is -1.19. The van der Waals surface area contributed by atoms with Crippen molar-refractivity contribution in [2.75, 3.05) is 13.6 Å². The van der Waals surface area contributed by atoms with Gasteiger partial charge in [0.1, 0.15) is 12.1 Å². The number of Topliss-reactive ketones (excluding diaryl/α,β-unsaturated/α-hetero) is 1. The molecule has 11 nitrogen and oxygen atoms in total. The Morgan fingerprint density at radius 1 is 0.952 bits per heavy atom. The Hall–Kier alpha value is -2.98. The minimum Gasteiger partial charge on any atom is -0.356 e. The fourth-order valence-corrected chi connectivity index (χ4v) is 5.84. The van der Waals surface area contributed by atoms with Crippen molar-refractivity contribution in [3.05, 3.63) is 0 Å². The van der Waals surface area contributed by atoms with E-state index in [0.717, 1.165) is 51.4 Å². The second-order valence-corrected chi connectivity index (χ2v) is 13.4. The summed E-state index contributed by atoms with van der Waals surface area (Å²) in [7, 11) is 1.56. The maximum Gasteiger partial charge on any atom is 0.289 e. The van der Waals surface area contributed by atoms with E-state index in [1.807, 2.05) is 6.92 Å². The highest BCUT2D eigenvalue weighted by Crippen LogP contribution is 2.29. The number of carbonyl (C=O) groups excluding carboxylic acids is 6. The molecule has 0 aromatic heterocycles. The molecule has 1 aliphatic heterocycles. The van der Waals surface area contributed by atoms with Gasteiger partial charge in [-0.05, 0) is 57.3 Å². The van der Waals surface area contributed by atoms with E-state index in [9.17, 15) is 28.8 Å². The number of nitrogens with zero attached hydrogens (tertiary/aromatic N) is 1. The van der Waals surface area contributed by atoms with E-state index in [2.05, 4.69) is 21.3 Å². The summed E-state index contributed by atoms with van der Waals surface area (Å²) in [6.45, 7) is 7.85. The molecule has 1 saturated heterocycles. The molecule has 2 saturated carbocycles. The molecule has 0 spiro atoms. The summed E-state index contributed by atoms with van der Waals surface area (Å²) >= 11 is 0. The Bertz CT molecular complexity index is 1010. The van der Waals surface area contributed by atoms with Crippen molar-refractivity contribution >= 4 is 35.3 Å². The maximum absolute atomic E-state index is 14.0. The molecule has 0 unspecified atom stereocenters. The zero-order chi connectivity index (χ0) is 31.0. The van der Waals surface area contributed by atoms with Crippen LogP contribution in [0.5, 0.6) is 0 Å². The van der Waals surface area contributed by atoms with Crippen LogP contribution in [0, 0.1) is 17.3 Å². The SMILES string of the molecule is CCC[C@@H](C(=O)N[C@@H](C[C@@H]1CCCNC1=O)C(=O)C(=O)NC1CC1)N(C)C(=O)[C@H](NC(=O)C(C)(C)C)C1CCCCC1. The van der Waals surface area contributed by atoms with E-state index in [4.69, 9.17) is 0 Å². The van der Waals surface area contributed by atoms with Crippen molar-refractivity contribution in [3.8, 4) is 0 Å². The van der Waals surface area contributed by atoms with Crippen molar-refractivity contribution < 1.29 is 28.8 Å². The summed E-state index contributed by atoms with van der Waals surface area (Å²) < 4.78 is 0. The minimum absolute atomic E-state index is 0.0112. The molecule has 0 aromatic carbocycles. The van der Waals surface area contributed by atoms with Gasteiger partial charge in [-0.25, -0.2) is 0 Å². The zero-order valence-corrected chi connectivity index (χ0v) is 26.1. The Balaban J connectivity index is 1.81. The van der Waals surface area contributed by atoms with Crippen LogP contribution in [0.4, 0.5) is 0 Å². The molecule has 42 heavy (non-hydrogen) atoms. The topological polar surface area (TPSA) is 154 Å². The number of rotatable bonds is 13. The molecule has 4 atom stereocenters. The molecule has 0 bridgehead atoms. The quantitative estimate of drug-likeness (QED) is 0.241. The fourth-order valence-electron chi connectivity index (χ4n) is 5.84. The van der Waals surface area contributed by atoms with Crippen molar-refractivity contribution in [2.45, 2.75) is 129 Å². The van der Waals surface area contributed by atoms with Crippen LogP contribution in [0.2, 0.25) is 0 Å². The predicted molar refractivity (Wildman–Crippen MR) is 158 cm³/mol. The van der Waals surface area contributed by atoms with Gasteiger partial charge < -0.3 is 26.2 Å². The summed E-state index contributed by atoms with van der Waals surface area (Å²) in [5.74, 6) is -3.40. The van der Waals surface area contributed by atoms with Gasteiger partial charge in [-0.3, -0.25) is 28.8 Å². The number of carbonyl (C=O) groups is 6. The van der Waals surface area contributed by atoms with Crippen molar-refractivity contribution in [2.24, 2.45) is 17.3 Å². The van der Waals surface area contributed by atoms with Crippen LogP contribution in [-0.2, 0) is 28.8 Å². The summed E-state index contributed by atoms with van der Waals surface area (Å²) in [6, 6.07) is -2.90. The zero-order valence-electron chi connectivity index (χ0n) is 26.1. The highest BCUT2D eigenvalue weighted by Gasteiger charge is 2.40. The van der Waals surface area contributed by atoms with Crippen molar-refractivity contribution in [1.82, 2.24) is 26.2 Å². The summed E-state index contributed by atoms with van der Waals surface area (Å²) in [4.78, 5) is 80.6. The van der Waals surface area contributed by atoms with Crippen molar-refractivity contribution in [3.63, 3.8) is 0 Å². The van der Waals surface area contributed by atoms with Crippen LogP contribution in [0.15, 0.2) is 0 Å². The standard InChI is InChI=1S/C31H51N5O6/c1-6-11-23(36(5)29(41)24(19-12-8-7-9-13-19)35-30(42)31(2,3)4)27(39)34-22(18-20-14-10-17-32-26(20)38)25(37)28(40)33-21-15-16-21/h19-24H,6-18H2,1-5H3,(H,32,38)(H,33,40)(H,34,39)(H,35,42)/t20-,22-,23-,24+/m0/s1. The van der Waals surface area contributed by atoms with Crippen LogP contribution >= 0.6 is 0 Å². The summed E-state index contributed by atoms with van der Waals surface area (Å²) in [5, 5.41) is 11.2. The van der Waals surface area contributed by atoms with Crippen LogP contribution in [0.3, 0.4) is 0 Å². The first kappa shape index (κ1) is 33.5. The fraction of sp³-hybridized carbons (Fsp3) is 0.806. The summed E-state index contributed by atoms with van der Waals surface area (Å²) in [6.07, 6.45) is 8.52. The molecule has 2 aliphatic carbocycles. The molecule has 3 aliphatic rings. The third-order valence-corrected chi connectivity index (χ3v) is 8.72. The first-order valence-corrected chi connectivity index (χ1v) is 15.8. The van der Waals surface area contributed by atoms with E-state index in [0.29, 0.717) is 25.8 Å². The molecule has 0 aromatic rings. The number of amides is 5. The lowest BCUT2D eigenvalue weighted by Gasteiger charge is -2.37. The van der Waals surface area contributed by atoms with Crippen LogP contribution in [0.1, 0.15) is 105 Å². The highest BCUT2D eigenvalue weighted by molar-refractivity contribution is 6.38. The third-order valence-electron chi connectivity index (χ3n) is 8.72. The molecular formula is C31H51N5O6. The number of piperidine rings is 1. The Morgan fingerprint density at radius 3 is 2.19 bits per heavy atom. The van der Waals surface area contributed by atoms with E-state index in [1.54, 1.807) is 27.8 Å². The molecule has 1 heterocycles. The van der Waals surface area contributed by atoms with Gasteiger partial charge in [-0.1, -0.05) is 53.4 Å². The predicted octanol–water partition coefficient (Wildman–Crippen LogP) is 1.97. The van der Waals surface area contributed by atoms with E-state index in [-0.39, 0.29) is 36.1 Å². The monoisotopic (exact) mass is 589 g/mol. The molecule has 3 fully saturated rings. The van der Waals surface area contributed by atoms with E-state index < -0.39 is 47.1 Å². The first-order valence-electron chi connectivity index (χ1n) is 15.8.